The molecule has 2 rings (SSSR count). The van der Waals surface area contributed by atoms with Gasteiger partial charge in [-0.1, -0.05) is 0 Å². The average Bonchev–Trinajstić information content (AvgIpc) is 2.75. The summed E-state index contributed by atoms with van der Waals surface area (Å²) in [5, 5.41) is 3.10. The monoisotopic (exact) mass is 237 g/mol. The number of Topliss-reactive ketones (excluding diaryl/α,β-unsaturated/α-hetero) is 1. The lowest BCUT2D eigenvalue weighted by molar-refractivity contribution is 0.0918. The lowest BCUT2D eigenvalue weighted by atomic mass is 10.0. The maximum absolute atomic E-state index is 13.2. The van der Waals surface area contributed by atoms with Crippen molar-refractivity contribution in [3.8, 4) is 0 Å². The predicted molar refractivity (Wildman–Crippen MR) is 62.7 cm³/mol. The van der Waals surface area contributed by atoms with Crippen molar-refractivity contribution in [2.24, 2.45) is 0 Å². The number of hydrogen-bond acceptors (Lipinski definition) is 3. The van der Waals surface area contributed by atoms with E-state index in [2.05, 4.69) is 5.32 Å². The Morgan fingerprint density at radius 1 is 1.47 bits per heavy atom. The molecule has 1 heterocycles. The van der Waals surface area contributed by atoms with Gasteiger partial charge < -0.3 is 10.1 Å². The normalized spacial score (nSPS) is 23.9. The molecule has 3 nitrogen and oxygen atoms in total. The minimum absolute atomic E-state index is 0.0628. The van der Waals surface area contributed by atoms with Gasteiger partial charge in [0.2, 0.25) is 0 Å². The Kier molecular flexibility index (Phi) is 3.54. The summed E-state index contributed by atoms with van der Waals surface area (Å²) in [4.78, 5) is 12.1. The van der Waals surface area contributed by atoms with Gasteiger partial charge >= 0.3 is 0 Å². The lowest BCUT2D eigenvalue weighted by Gasteiger charge is -2.10. The minimum Gasteiger partial charge on any atom is -0.380 e. The number of carbonyl (C=O) groups is 1. The second-order valence-electron chi connectivity index (χ2n) is 4.44. The molecule has 0 amide bonds. The van der Waals surface area contributed by atoms with Gasteiger partial charge in [0.15, 0.2) is 5.78 Å². The zero-order valence-electron chi connectivity index (χ0n) is 10.00. The number of halogens is 1. The molecule has 0 aliphatic carbocycles. The summed E-state index contributed by atoms with van der Waals surface area (Å²) in [6.45, 7) is 2.45. The van der Waals surface area contributed by atoms with Gasteiger partial charge in [-0.05, 0) is 37.1 Å². The summed E-state index contributed by atoms with van der Waals surface area (Å²) in [7, 11) is 1.63. The van der Waals surface area contributed by atoms with E-state index in [0.717, 1.165) is 5.56 Å². The molecule has 4 heteroatoms. The van der Waals surface area contributed by atoms with Crippen molar-refractivity contribution in [2.45, 2.75) is 25.5 Å². The number of carbonyl (C=O) groups excluding carboxylic acids is 1. The SMILES string of the molecule is COC1CNC(C(=O)c2cc(C)cc(F)c2)C1. The third-order valence-electron chi connectivity index (χ3n) is 3.07. The van der Waals surface area contributed by atoms with Crippen LogP contribution in [0.1, 0.15) is 22.3 Å². The average molecular weight is 237 g/mol. The van der Waals surface area contributed by atoms with Crippen LogP contribution < -0.4 is 5.32 Å². The molecule has 0 radical (unpaired) electrons. The molecule has 1 aliphatic heterocycles. The summed E-state index contributed by atoms with van der Waals surface area (Å²) < 4.78 is 18.4. The number of ketones is 1. The second-order valence-corrected chi connectivity index (χ2v) is 4.44. The van der Waals surface area contributed by atoms with E-state index in [9.17, 15) is 9.18 Å². The zero-order valence-corrected chi connectivity index (χ0v) is 10.00. The number of nitrogens with one attached hydrogen (secondary N) is 1. The first-order valence-corrected chi connectivity index (χ1v) is 5.67. The minimum atomic E-state index is -0.366. The van der Waals surface area contributed by atoms with Crippen LogP contribution in [0.3, 0.4) is 0 Å². The standard InChI is InChI=1S/C13H16FNO2/c1-8-3-9(5-10(14)4-8)13(16)12-6-11(17-2)7-15-12/h3-5,11-12,15H,6-7H2,1-2H3. The van der Waals surface area contributed by atoms with Crippen LogP contribution in [-0.2, 0) is 4.74 Å². The van der Waals surface area contributed by atoms with Crippen molar-refractivity contribution >= 4 is 5.78 Å². The fraction of sp³-hybridized carbons (Fsp3) is 0.462. The van der Waals surface area contributed by atoms with Crippen LogP contribution in [0, 0.1) is 12.7 Å². The van der Waals surface area contributed by atoms with E-state index in [1.807, 2.05) is 0 Å². The highest BCUT2D eigenvalue weighted by Crippen LogP contribution is 2.16. The van der Waals surface area contributed by atoms with E-state index >= 15 is 0 Å². The fourth-order valence-corrected chi connectivity index (χ4v) is 2.16. The maximum Gasteiger partial charge on any atom is 0.179 e. The molecule has 2 unspecified atom stereocenters. The third kappa shape index (κ3) is 2.70. The summed E-state index contributed by atoms with van der Waals surface area (Å²) in [5.74, 6) is -0.429. The first kappa shape index (κ1) is 12.2. The van der Waals surface area contributed by atoms with E-state index < -0.39 is 0 Å². The number of methoxy groups -OCH3 is 1. The molecule has 17 heavy (non-hydrogen) atoms. The molecule has 1 aliphatic rings. The summed E-state index contributed by atoms with van der Waals surface area (Å²) in [6, 6.07) is 4.16. The molecule has 1 fully saturated rings. The van der Waals surface area contributed by atoms with Crippen LogP contribution in [0.5, 0.6) is 0 Å². The molecule has 0 bridgehead atoms. The molecule has 0 spiro atoms. The van der Waals surface area contributed by atoms with Gasteiger partial charge in [0.05, 0.1) is 12.1 Å². The van der Waals surface area contributed by atoms with Gasteiger partial charge in [0.1, 0.15) is 5.82 Å². The Bertz CT molecular complexity index is 413. The molecule has 0 saturated carbocycles. The Morgan fingerprint density at radius 3 is 2.82 bits per heavy atom. The van der Waals surface area contributed by atoms with Crippen LogP contribution in [-0.4, -0.2) is 31.6 Å². The molecular weight excluding hydrogens is 221 g/mol. The van der Waals surface area contributed by atoms with Crippen LogP contribution >= 0.6 is 0 Å². The van der Waals surface area contributed by atoms with Gasteiger partial charge in [-0.2, -0.15) is 0 Å². The highest BCUT2D eigenvalue weighted by Gasteiger charge is 2.30. The van der Waals surface area contributed by atoms with Crippen LogP contribution in [0.25, 0.3) is 0 Å². The molecule has 1 N–H and O–H groups in total. The Morgan fingerprint density at radius 2 is 2.24 bits per heavy atom. The predicted octanol–water partition coefficient (Wildman–Crippen LogP) is 1.69. The highest BCUT2D eigenvalue weighted by molar-refractivity contribution is 6.00. The van der Waals surface area contributed by atoms with Gasteiger partial charge in [-0.3, -0.25) is 4.79 Å². The molecule has 0 aromatic heterocycles. The van der Waals surface area contributed by atoms with Crippen molar-refractivity contribution in [2.75, 3.05) is 13.7 Å². The largest absolute Gasteiger partial charge is 0.380 e. The van der Waals surface area contributed by atoms with Gasteiger partial charge in [-0.25, -0.2) is 4.39 Å². The Labute approximate surface area is 100.0 Å². The first-order valence-electron chi connectivity index (χ1n) is 5.67. The molecule has 92 valence electrons. The van der Waals surface area contributed by atoms with E-state index in [1.54, 1.807) is 20.1 Å². The smallest absolute Gasteiger partial charge is 0.179 e. The topological polar surface area (TPSA) is 38.3 Å². The van der Waals surface area contributed by atoms with E-state index in [-0.39, 0.29) is 23.7 Å². The van der Waals surface area contributed by atoms with Gasteiger partial charge in [-0.15, -0.1) is 0 Å². The maximum atomic E-state index is 13.2. The van der Waals surface area contributed by atoms with Crippen molar-refractivity contribution in [1.82, 2.24) is 5.32 Å². The van der Waals surface area contributed by atoms with E-state index in [1.165, 1.54) is 12.1 Å². The second kappa shape index (κ2) is 4.94. The Balaban J connectivity index is 2.14. The molecular formula is C13H16FNO2. The quantitative estimate of drug-likeness (QED) is 0.813. The molecule has 2 atom stereocenters. The number of rotatable bonds is 3. The van der Waals surface area contributed by atoms with Crippen molar-refractivity contribution in [3.63, 3.8) is 0 Å². The lowest BCUT2D eigenvalue weighted by Crippen LogP contribution is -2.30. The molecule has 1 aromatic carbocycles. The summed E-state index contributed by atoms with van der Waals surface area (Å²) in [6.07, 6.45) is 0.712. The first-order chi connectivity index (χ1) is 8.10. The fourth-order valence-electron chi connectivity index (χ4n) is 2.16. The van der Waals surface area contributed by atoms with Crippen molar-refractivity contribution in [3.05, 3.63) is 35.1 Å². The van der Waals surface area contributed by atoms with E-state index in [0.29, 0.717) is 18.5 Å². The summed E-state index contributed by atoms with van der Waals surface area (Å²) in [5.41, 5.74) is 1.19. The van der Waals surface area contributed by atoms with Crippen LogP contribution in [0.4, 0.5) is 4.39 Å². The highest BCUT2D eigenvalue weighted by atomic mass is 19.1. The van der Waals surface area contributed by atoms with Crippen molar-refractivity contribution in [1.29, 1.82) is 0 Å². The molecule has 1 saturated heterocycles. The third-order valence-corrected chi connectivity index (χ3v) is 3.07. The van der Waals surface area contributed by atoms with Gasteiger partial charge in [0.25, 0.3) is 0 Å². The zero-order chi connectivity index (χ0) is 12.4. The molecule has 1 aromatic rings. The number of aryl methyl sites for hydroxylation is 1. The van der Waals surface area contributed by atoms with Crippen LogP contribution in [0.2, 0.25) is 0 Å². The summed E-state index contributed by atoms with van der Waals surface area (Å²) >= 11 is 0. The van der Waals surface area contributed by atoms with Gasteiger partial charge in [0, 0.05) is 19.2 Å². The number of hydrogen-bond donors (Lipinski definition) is 1. The van der Waals surface area contributed by atoms with Crippen LogP contribution in [0.15, 0.2) is 18.2 Å². The number of benzene rings is 1. The van der Waals surface area contributed by atoms with Crippen molar-refractivity contribution < 1.29 is 13.9 Å². The van der Waals surface area contributed by atoms with E-state index in [4.69, 9.17) is 4.74 Å². The number of ether oxygens (including phenoxy) is 1. The Hall–Kier alpha value is -1.26.